The van der Waals surface area contributed by atoms with E-state index in [1.165, 1.54) is 17.7 Å². The Morgan fingerprint density at radius 3 is 2.65 bits per heavy atom. The summed E-state index contributed by atoms with van der Waals surface area (Å²) in [5, 5.41) is 3.61. The molecule has 17 heavy (non-hydrogen) atoms. The van der Waals surface area contributed by atoms with Gasteiger partial charge >= 0.3 is 0 Å². The maximum Gasteiger partial charge on any atom is 0.0449 e. The average Bonchev–Trinajstić information content (AvgIpc) is 2.26. The fourth-order valence-corrected chi connectivity index (χ4v) is 2.31. The van der Waals surface area contributed by atoms with Crippen molar-refractivity contribution in [1.82, 2.24) is 10.3 Å². The Morgan fingerprint density at radius 1 is 1.41 bits per heavy atom. The average molecular weight is 299 g/mol. The minimum absolute atomic E-state index is 0.516. The second-order valence-electron chi connectivity index (χ2n) is 4.93. The fourth-order valence-electron chi connectivity index (χ4n) is 1.86. The Kier molecular flexibility index (Phi) is 6.14. The van der Waals surface area contributed by atoms with Crippen molar-refractivity contribution < 1.29 is 0 Å². The normalized spacial score (nSPS) is 13.1. The van der Waals surface area contributed by atoms with Crippen LogP contribution in [0.4, 0.5) is 0 Å². The lowest BCUT2D eigenvalue weighted by Crippen LogP contribution is -2.36. The van der Waals surface area contributed by atoms with Crippen LogP contribution in [0.25, 0.3) is 0 Å². The zero-order valence-electron chi connectivity index (χ0n) is 11.3. The molecule has 0 saturated heterocycles. The third-order valence-electron chi connectivity index (χ3n) is 3.03. The smallest absolute Gasteiger partial charge is 0.0449 e. The van der Waals surface area contributed by atoms with Crippen LogP contribution >= 0.6 is 15.9 Å². The number of nitrogens with one attached hydrogen (secondary N) is 1. The quantitative estimate of drug-likeness (QED) is 0.866. The van der Waals surface area contributed by atoms with Crippen LogP contribution in [0.15, 0.2) is 16.7 Å². The molecule has 0 bridgehead atoms. The Balaban J connectivity index is 2.71. The summed E-state index contributed by atoms with van der Waals surface area (Å²) in [5.41, 5.74) is 2.47. The monoisotopic (exact) mass is 298 g/mol. The van der Waals surface area contributed by atoms with Gasteiger partial charge in [-0.05, 0) is 53.4 Å². The number of nitrogens with zero attached hydrogens (tertiary/aromatic N) is 1. The first-order valence-electron chi connectivity index (χ1n) is 6.39. The summed E-state index contributed by atoms with van der Waals surface area (Å²) < 4.78 is 1.06. The molecule has 0 aliphatic heterocycles. The predicted octanol–water partition coefficient (Wildman–Crippen LogP) is 3.72. The summed E-state index contributed by atoms with van der Waals surface area (Å²) in [7, 11) is 0. The van der Waals surface area contributed by atoms with Crippen molar-refractivity contribution in [2.75, 3.05) is 6.54 Å². The fraction of sp³-hybridized carbons (Fsp3) is 0.643. The zero-order chi connectivity index (χ0) is 12.8. The van der Waals surface area contributed by atoms with Crippen LogP contribution < -0.4 is 5.32 Å². The first kappa shape index (κ1) is 14.7. The highest BCUT2D eigenvalue weighted by Gasteiger charge is 2.15. The van der Waals surface area contributed by atoms with Gasteiger partial charge in [0.15, 0.2) is 0 Å². The number of rotatable bonds is 6. The predicted molar refractivity (Wildman–Crippen MR) is 77.3 cm³/mol. The summed E-state index contributed by atoms with van der Waals surface area (Å²) in [6.45, 7) is 9.94. The lowest BCUT2D eigenvalue weighted by atomic mass is 9.97. The highest BCUT2D eigenvalue weighted by Crippen LogP contribution is 2.16. The van der Waals surface area contributed by atoms with Crippen LogP contribution in [0.1, 0.15) is 38.4 Å². The van der Waals surface area contributed by atoms with E-state index >= 15 is 0 Å². The Morgan fingerprint density at radius 2 is 2.12 bits per heavy atom. The molecule has 0 spiro atoms. The lowest BCUT2D eigenvalue weighted by molar-refractivity contribution is 0.394. The van der Waals surface area contributed by atoms with Crippen molar-refractivity contribution in [2.45, 2.75) is 46.6 Å². The van der Waals surface area contributed by atoms with Gasteiger partial charge in [-0.1, -0.05) is 20.8 Å². The van der Waals surface area contributed by atoms with Crippen molar-refractivity contribution in [2.24, 2.45) is 5.92 Å². The first-order valence-corrected chi connectivity index (χ1v) is 7.18. The van der Waals surface area contributed by atoms with Gasteiger partial charge in [0.25, 0.3) is 0 Å². The van der Waals surface area contributed by atoms with E-state index in [9.17, 15) is 0 Å². The Hall–Kier alpha value is -0.410. The number of pyridine rings is 1. The molecule has 0 aliphatic carbocycles. The standard InChI is InChI=1S/C14H23BrN2/c1-5-6-16-13(10(2)3)8-14-11(4)7-12(15)9-17-14/h7,9-10,13,16H,5-6,8H2,1-4H3. The van der Waals surface area contributed by atoms with Gasteiger partial charge in [0, 0.05) is 28.8 Å². The number of halogens is 1. The largest absolute Gasteiger partial charge is 0.313 e. The van der Waals surface area contributed by atoms with E-state index in [-0.39, 0.29) is 0 Å². The topological polar surface area (TPSA) is 24.9 Å². The molecular formula is C14H23BrN2. The van der Waals surface area contributed by atoms with Crippen LogP contribution in [-0.4, -0.2) is 17.6 Å². The highest BCUT2D eigenvalue weighted by atomic mass is 79.9. The summed E-state index contributed by atoms with van der Waals surface area (Å²) in [4.78, 5) is 4.52. The van der Waals surface area contributed by atoms with E-state index in [1.54, 1.807) is 0 Å². The molecule has 1 N–H and O–H groups in total. The molecule has 1 atom stereocenters. The Labute approximate surface area is 113 Å². The van der Waals surface area contributed by atoms with E-state index in [1.807, 2.05) is 6.20 Å². The van der Waals surface area contributed by atoms with Crippen molar-refractivity contribution in [3.63, 3.8) is 0 Å². The first-order chi connectivity index (χ1) is 8.04. The summed E-state index contributed by atoms with van der Waals surface area (Å²) in [6.07, 6.45) is 4.08. The van der Waals surface area contributed by atoms with Gasteiger partial charge in [0.05, 0.1) is 0 Å². The van der Waals surface area contributed by atoms with Gasteiger partial charge in [-0.15, -0.1) is 0 Å². The molecule has 1 heterocycles. The van der Waals surface area contributed by atoms with Crippen molar-refractivity contribution in [3.8, 4) is 0 Å². The molecule has 3 heteroatoms. The molecule has 1 aromatic rings. The van der Waals surface area contributed by atoms with Crippen LogP contribution in [-0.2, 0) is 6.42 Å². The molecule has 96 valence electrons. The number of aryl methyl sites for hydroxylation is 1. The lowest BCUT2D eigenvalue weighted by Gasteiger charge is -2.22. The van der Waals surface area contributed by atoms with E-state index in [2.05, 4.69) is 60.0 Å². The third-order valence-corrected chi connectivity index (χ3v) is 3.46. The van der Waals surface area contributed by atoms with E-state index < -0.39 is 0 Å². The summed E-state index contributed by atoms with van der Waals surface area (Å²) in [5.74, 6) is 0.631. The van der Waals surface area contributed by atoms with Crippen LogP contribution in [0.5, 0.6) is 0 Å². The van der Waals surface area contributed by atoms with Gasteiger partial charge in [0.2, 0.25) is 0 Å². The van der Waals surface area contributed by atoms with Gasteiger partial charge < -0.3 is 5.32 Å². The van der Waals surface area contributed by atoms with Gasteiger partial charge in [-0.2, -0.15) is 0 Å². The molecule has 1 unspecified atom stereocenters. The molecule has 0 aromatic carbocycles. The van der Waals surface area contributed by atoms with Gasteiger partial charge in [0.1, 0.15) is 0 Å². The SMILES string of the molecule is CCCNC(Cc1ncc(Br)cc1C)C(C)C. The minimum Gasteiger partial charge on any atom is -0.313 e. The van der Waals surface area contributed by atoms with Crippen LogP contribution in [0.2, 0.25) is 0 Å². The van der Waals surface area contributed by atoms with Crippen molar-refractivity contribution in [3.05, 3.63) is 28.0 Å². The third kappa shape index (κ3) is 4.76. The highest BCUT2D eigenvalue weighted by molar-refractivity contribution is 9.10. The van der Waals surface area contributed by atoms with E-state index in [0.29, 0.717) is 12.0 Å². The second-order valence-corrected chi connectivity index (χ2v) is 5.84. The minimum atomic E-state index is 0.516. The van der Waals surface area contributed by atoms with Crippen molar-refractivity contribution in [1.29, 1.82) is 0 Å². The molecule has 0 aliphatic rings. The van der Waals surface area contributed by atoms with Crippen LogP contribution in [0.3, 0.4) is 0 Å². The molecule has 0 fully saturated rings. The molecule has 2 nitrogen and oxygen atoms in total. The number of hydrogen-bond acceptors (Lipinski definition) is 2. The van der Waals surface area contributed by atoms with Gasteiger partial charge in [-0.25, -0.2) is 0 Å². The molecule has 1 rings (SSSR count). The number of aromatic nitrogens is 1. The maximum atomic E-state index is 4.52. The molecule has 0 amide bonds. The molecule has 1 aromatic heterocycles. The van der Waals surface area contributed by atoms with Crippen molar-refractivity contribution >= 4 is 15.9 Å². The zero-order valence-corrected chi connectivity index (χ0v) is 12.8. The summed E-state index contributed by atoms with van der Waals surface area (Å²) >= 11 is 3.46. The number of hydrogen-bond donors (Lipinski definition) is 1. The summed E-state index contributed by atoms with van der Waals surface area (Å²) in [6, 6.07) is 2.65. The van der Waals surface area contributed by atoms with E-state index in [4.69, 9.17) is 0 Å². The van der Waals surface area contributed by atoms with Crippen LogP contribution in [0, 0.1) is 12.8 Å². The molecular weight excluding hydrogens is 276 g/mol. The Bertz CT molecular complexity index is 350. The second kappa shape index (κ2) is 7.12. The molecule has 0 radical (unpaired) electrons. The van der Waals surface area contributed by atoms with Gasteiger partial charge in [-0.3, -0.25) is 4.98 Å². The van der Waals surface area contributed by atoms with E-state index in [0.717, 1.165) is 17.4 Å². The maximum absolute atomic E-state index is 4.52. The molecule has 0 saturated carbocycles.